The second-order valence-electron chi connectivity index (χ2n) is 3.69. The number of hydrogen-bond acceptors (Lipinski definition) is 3. The van der Waals surface area contributed by atoms with Gasteiger partial charge in [-0.05, 0) is 19.3 Å². The zero-order valence-corrected chi connectivity index (χ0v) is 9.16. The van der Waals surface area contributed by atoms with Crippen LogP contribution in [0.3, 0.4) is 0 Å². The van der Waals surface area contributed by atoms with E-state index in [1.807, 2.05) is 0 Å². The third-order valence-electron chi connectivity index (χ3n) is 2.55. The van der Waals surface area contributed by atoms with Crippen molar-refractivity contribution in [2.75, 3.05) is 27.4 Å². The molecule has 0 saturated heterocycles. The van der Waals surface area contributed by atoms with Gasteiger partial charge in [0.05, 0.1) is 12.7 Å². The molecule has 1 rings (SSSR count). The molecule has 3 nitrogen and oxygen atoms in total. The van der Waals surface area contributed by atoms with Gasteiger partial charge in [-0.3, -0.25) is 0 Å². The predicted octanol–water partition coefficient (Wildman–Crippen LogP) is 1.35. The Labute approximate surface area is 86.5 Å². The summed E-state index contributed by atoms with van der Waals surface area (Å²) in [6.07, 6.45) is 8.41. The number of ether oxygens (including phenoxy) is 2. The molecule has 1 aliphatic rings. The van der Waals surface area contributed by atoms with Gasteiger partial charge in [-0.1, -0.05) is 12.2 Å². The third-order valence-corrected chi connectivity index (χ3v) is 2.55. The fraction of sp³-hybridized carbons (Fsp3) is 0.818. The summed E-state index contributed by atoms with van der Waals surface area (Å²) in [6, 6.07) is 0.526. The van der Waals surface area contributed by atoms with Crippen LogP contribution in [0.25, 0.3) is 0 Å². The van der Waals surface area contributed by atoms with Gasteiger partial charge in [0.1, 0.15) is 0 Å². The number of allylic oxidation sites excluding steroid dienone is 1. The Balaban J connectivity index is 2.16. The molecule has 0 saturated carbocycles. The first kappa shape index (κ1) is 11.7. The Morgan fingerprint density at radius 1 is 1.50 bits per heavy atom. The molecule has 3 heteroatoms. The number of rotatable bonds is 6. The highest BCUT2D eigenvalue weighted by Crippen LogP contribution is 2.09. The topological polar surface area (TPSA) is 30.5 Å². The van der Waals surface area contributed by atoms with E-state index in [1.165, 1.54) is 19.3 Å². The zero-order valence-electron chi connectivity index (χ0n) is 9.16. The van der Waals surface area contributed by atoms with Crippen LogP contribution in [-0.4, -0.2) is 39.5 Å². The molecule has 0 aliphatic heterocycles. The van der Waals surface area contributed by atoms with Crippen LogP contribution >= 0.6 is 0 Å². The van der Waals surface area contributed by atoms with Crippen LogP contribution in [0.1, 0.15) is 19.3 Å². The van der Waals surface area contributed by atoms with Gasteiger partial charge in [0.2, 0.25) is 0 Å². The van der Waals surface area contributed by atoms with Crippen molar-refractivity contribution in [2.24, 2.45) is 0 Å². The van der Waals surface area contributed by atoms with E-state index in [2.05, 4.69) is 17.5 Å². The molecule has 0 spiro atoms. The molecule has 2 atom stereocenters. The number of nitrogens with one attached hydrogen (secondary N) is 1. The Morgan fingerprint density at radius 3 is 2.93 bits per heavy atom. The van der Waals surface area contributed by atoms with E-state index in [4.69, 9.17) is 9.47 Å². The molecule has 82 valence electrons. The van der Waals surface area contributed by atoms with Crippen molar-refractivity contribution < 1.29 is 9.47 Å². The summed E-state index contributed by atoms with van der Waals surface area (Å²) in [6.45, 7) is 1.51. The standard InChI is InChI=1S/C11H21NO2/c1-13-9-11(14-2)8-12-10-6-4-3-5-7-10/h4,6,10-12H,3,5,7-9H2,1-2H3. The van der Waals surface area contributed by atoms with Crippen molar-refractivity contribution in [3.05, 3.63) is 12.2 Å². The van der Waals surface area contributed by atoms with Crippen LogP contribution in [-0.2, 0) is 9.47 Å². The quantitative estimate of drug-likeness (QED) is 0.655. The highest BCUT2D eigenvalue weighted by Gasteiger charge is 2.11. The van der Waals surface area contributed by atoms with Crippen molar-refractivity contribution >= 4 is 0 Å². The maximum Gasteiger partial charge on any atom is 0.0928 e. The summed E-state index contributed by atoms with van der Waals surface area (Å²) >= 11 is 0. The van der Waals surface area contributed by atoms with Crippen molar-refractivity contribution in [3.63, 3.8) is 0 Å². The van der Waals surface area contributed by atoms with Crippen LogP contribution in [0.4, 0.5) is 0 Å². The van der Waals surface area contributed by atoms with E-state index in [0.717, 1.165) is 6.54 Å². The van der Waals surface area contributed by atoms with Gasteiger partial charge in [-0.15, -0.1) is 0 Å². The van der Waals surface area contributed by atoms with Gasteiger partial charge in [0, 0.05) is 26.8 Å². The first-order valence-corrected chi connectivity index (χ1v) is 5.28. The number of methoxy groups -OCH3 is 2. The SMILES string of the molecule is COCC(CNC1C=CCCC1)OC. The molecule has 0 aromatic rings. The fourth-order valence-corrected chi connectivity index (χ4v) is 1.66. The van der Waals surface area contributed by atoms with Gasteiger partial charge in [-0.2, -0.15) is 0 Å². The summed E-state index contributed by atoms with van der Waals surface area (Å²) in [5.74, 6) is 0. The molecule has 1 aliphatic carbocycles. The monoisotopic (exact) mass is 199 g/mol. The third kappa shape index (κ3) is 4.22. The Hall–Kier alpha value is -0.380. The first-order valence-electron chi connectivity index (χ1n) is 5.28. The van der Waals surface area contributed by atoms with Gasteiger partial charge < -0.3 is 14.8 Å². The zero-order chi connectivity index (χ0) is 10.2. The lowest BCUT2D eigenvalue weighted by Gasteiger charge is -2.21. The molecule has 1 N–H and O–H groups in total. The molecule has 0 radical (unpaired) electrons. The van der Waals surface area contributed by atoms with E-state index < -0.39 is 0 Å². The van der Waals surface area contributed by atoms with Crippen molar-refractivity contribution in [1.82, 2.24) is 5.32 Å². The van der Waals surface area contributed by atoms with E-state index in [0.29, 0.717) is 12.6 Å². The molecule has 0 bridgehead atoms. The van der Waals surface area contributed by atoms with Crippen molar-refractivity contribution in [1.29, 1.82) is 0 Å². The molecule has 0 aromatic carbocycles. The average Bonchev–Trinajstić information content (AvgIpc) is 2.25. The van der Waals surface area contributed by atoms with Gasteiger partial charge in [0.15, 0.2) is 0 Å². The largest absolute Gasteiger partial charge is 0.382 e. The summed E-state index contributed by atoms with van der Waals surface area (Å²) in [5.41, 5.74) is 0. The normalized spacial score (nSPS) is 23.7. The van der Waals surface area contributed by atoms with E-state index >= 15 is 0 Å². The lowest BCUT2D eigenvalue weighted by Crippen LogP contribution is -2.37. The molecule has 0 aromatic heterocycles. The second-order valence-corrected chi connectivity index (χ2v) is 3.69. The highest BCUT2D eigenvalue weighted by atomic mass is 16.5. The Bertz CT molecular complexity index is 171. The van der Waals surface area contributed by atoms with Gasteiger partial charge >= 0.3 is 0 Å². The van der Waals surface area contributed by atoms with Crippen LogP contribution in [0.2, 0.25) is 0 Å². The van der Waals surface area contributed by atoms with Crippen LogP contribution in [0.5, 0.6) is 0 Å². The van der Waals surface area contributed by atoms with Crippen LogP contribution < -0.4 is 5.32 Å². The minimum atomic E-state index is 0.162. The van der Waals surface area contributed by atoms with E-state index in [1.54, 1.807) is 14.2 Å². The summed E-state index contributed by atoms with van der Waals surface area (Å²) in [4.78, 5) is 0. The Morgan fingerprint density at radius 2 is 2.36 bits per heavy atom. The van der Waals surface area contributed by atoms with Crippen LogP contribution in [0.15, 0.2) is 12.2 Å². The summed E-state index contributed by atoms with van der Waals surface area (Å²) in [5, 5.41) is 3.47. The van der Waals surface area contributed by atoms with Gasteiger partial charge in [-0.25, -0.2) is 0 Å². The average molecular weight is 199 g/mol. The lowest BCUT2D eigenvalue weighted by atomic mass is 10.0. The first-order chi connectivity index (χ1) is 6.86. The molecular weight excluding hydrogens is 178 g/mol. The molecule has 0 amide bonds. The maximum atomic E-state index is 5.27. The van der Waals surface area contributed by atoms with Gasteiger partial charge in [0.25, 0.3) is 0 Å². The van der Waals surface area contributed by atoms with Crippen LogP contribution in [0, 0.1) is 0 Å². The summed E-state index contributed by atoms with van der Waals surface area (Å²) in [7, 11) is 3.43. The second kappa shape index (κ2) is 6.98. The smallest absolute Gasteiger partial charge is 0.0928 e. The molecule has 0 fully saturated rings. The Kier molecular flexibility index (Phi) is 5.83. The number of hydrogen-bond donors (Lipinski definition) is 1. The van der Waals surface area contributed by atoms with Crippen molar-refractivity contribution in [3.8, 4) is 0 Å². The predicted molar refractivity (Wildman–Crippen MR) is 57.5 cm³/mol. The lowest BCUT2D eigenvalue weighted by molar-refractivity contribution is 0.0279. The molecule has 2 unspecified atom stereocenters. The minimum absolute atomic E-state index is 0.162. The molecule has 14 heavy (non-hydrogen) atoms. The fourth-order valence-electron chi connectivity index (χ4n) is 1.66. The highest BCUT2D eigenvalue weighted by molar-refractivity contribution is 4.97. The molecular formula is C11H21NO2. The van der Waals surface area contributed by atoms with Crippen molar-refractivity contribution in [2.45, 2.75) is 31.4 Å². The summed E-state index contributed by atoms with van der Waals surface area (Å²) < 4.78 is 10.3. The van der Waals surface area contributed by atoms with E-state index in [9.17, 15) is 0 Å². The molecule has 0 heterocycles. The minimum Gasteiger partial charge on any atom is -0.382 e. The van der Waals surface area contributed by atoms with E-state index in [-0.39, 0.29) is 6.10 Å². The maximum absolute atomic E-state index is 5.27.